The van der Waals surface area contributed by atoms with E-state index in [4.69, 9.17) is 0 Å². The van der Waals surface area contributed by atoms with Crippen molar-refractivity contribution in [2.24, 2.45) is 7.05 Å². The minimum Gasteiger partial charge on any atom is -0.385 e. The van der Waals surface area contributed by atoms with Crippen LogP contribution in [0.3, 0.4) is 0 Å². The first-order valence-electron chi connectivity index (χ1n) is 6.40. The highest BCUT2D eigenvalue weighted by Crippen LogP contribution is 2.23. The molecule has 18 heavy (non-hydrogen) atoms. The number of aromatic nitrogens is 2. The largest absolute Gasteiger partial charge is 0.385 e. The van der Waals surface area contributed by atoms with Crippen LogP contribution in [0.2, 0.25) is 0 Å². The fraction of sp³-hybridized carbons (Fsp3) is 0.357. The molecule has 0 bridgehead atoms. The molecule has 0 fully saturated rings. The Morgan fingerprint density at radius 2 is 2.33 bits per heavy atom. The van der Waals surface area contributed by atoms with E-state index in [0.717, 1.165) is 18.9 Å². The number of rotatable bonds is 3. The molecule has 1 aliphatic heterocycles. The van der Waals surface area contributed by atoms with Gasteiger partial charge in [0.15, 0.2) is 0 Å². The van der Waals surface area contributed by atoms with E-state index in [1.807, 2.05) is 19.3 Å². The van der Waals surface area contributed by atoms with Crippen molar-refractivity contribution >= 4 is 11.5 Å². The second kappa shape index (κ2) is 4.72. The maximum Gasteiger partial charge on any atom is 0.148 e. The van der Waals surface area contributed by atoms with Crippen molar-refractivity contribution in [1.82, 2.24) is 9.78 Å². The summed E-state index contributed by atoms with van der Waals surface area (Å²) in [6.07, 6.45) is 4.35. The topological polar surface area (TPSA) is 41.9 Å². The smallest absolute Gasteiger partial charge is 0.148 e. The SMILES string of the molecule is Cn1ccc(NCc2ccc3c(c2)CCCN3)n1. The molecular weight excluding hydrogens is 224 g/mol. The molecule has 0 spiro atoms. The number of benzene rings is 1. The predicted octanol–water partition coefficient (Wildman–Crippen LogP) is 2.39. The minimum absolute atomic E-state index is 0.824. The van der Waals surface area contributed by atoms with Crippen LogP contribution in [-0.2, 0) is 20.0 Å². The van der Waals surface area contributed by atoms with E-state index >= 15 is 0 Å². The average Bonchev–Trinajstić information content (AvgIpc) is 2.82. The molecule has 0 radical (unpaired) electrons. The number of nitrogens with zero attached hydrogens (tertiary/aromatic N) is 2. The third-order valence-corrected chi connectivity index (χ3v) is 3.30. The Kier molecular flexibility index (Phi) is 2.92. The van der Waals surface area contributed by atoms with E-state index < -0.39 is 0 Å². The van der Waals surface area contributed by atoms with Crippen molar-refractivity contribution in [2.75, 3.05) is 17.2 Å². The van der Waals surface area contributed by atoms with E-state index in [1.54, 1.807) is 4.68 Å². The van der Waals surface area contributed by atoms with Crippen LogP contribution < -0.4 is 10.6 Å². The maximum absolute atomic E-state index is 4.31. The first-order chi connectivity index (χ1) is 8.81. The number of hydrogen-bond donors (Lipinski definition) is 2. The Labute approximate surface area is 107 Å². The molecule has 0 saturated carbocycles. The fourth-order valence-corrected chi connectivity index (χ4v) is 2.34. The third kappa shape index (κ3) is 2.32. The number of anilines is 2. The average molecular weight is 242 g/mol. The van der Waals surface area contributed by atoms with Crippen LogP contribution in [-0.4, -0.2) is 16.3 Å². The van der Waals surface area contributed by atoms with Crippen molar-refractivity contribution in [2.45, 2.75) is 19.4 Å². The fourth-order valence-electron chi connectivity index (χ4n) is 2.34. The van der Waals surface area contributed by atoms with Crippen molar-refractivity contribution in [1.29, 1.82) is 0 Å². The van der Waals surface area contributed by atoms with Gasteiger partial charge in [0.2, 0.25) is 0 Å². The van der Waals surface area contributed by atoms with E-state index in [9.17, 15) is 0 Å². The molecule has 4 heteroatoms. The molecule has 1 aromatic heterocycles. The highest BCUT2D eigenvalue weighted by Gasteiger charge is 2.08. The van der Waals surface area contributed by atoms with Gasteiger partial charge in [-0.1, -0.05) is 12.1 Å². The van der Waals surface area contributed by atoms with Gasteiger partial charge in [0.05, 0.1) is 0 Å². The molecule has 0 atom stereocenters. The lowest BCUT2D eigenvalue weighted by atomic mass is 10.0. The van der Waals surface area contributed by atoms with Crippen LogP contribution in [0.4, 0.5) is 11.5 Å². The second-order valence-electron chi connectivity index (χ2n) is 4.75. The summed E-state index contributed by atoms with van der Waals surface area (Å²) in [5, 5.41) is 11.1. The number of aryl methyl sites for hydroxylation is 2. The molecular formula is C14H18N4. The normalized spacial score (nSPS) is 13.8. The Morgan fingerprint density at radius 1 is 1.39 bits per heavy atom. The lowest BCUT2D eigenvalue weighted by molar-refractivity contribution is 0.768. The summed E-state index contributed by atoms with van der Waals surface area (Å²) in [4.78, 5) is 0. The Balaban J connectivity index is 1.69. The van der Waals surface area contributed by atoms with Crippen LogP contribution in [0.25, 0.3) is 0 Å². The molecule has 1 aliphatic rings. The van der Waals surface area contributed by atoms with Gasteiger partial charge < -0.3 is 10.6 Å². The Hall–Kier alpha value is -1.97. The van der Waals surface area contributed by atoms with E-state index in [-0.39, 0.29) is 0 Å². The van der Waals surface area contributed by atoms with Gasteiger partial charge in [-0.2, -0.15) is 5.10 Å². The molecule has 3 rings (SSSR count). The zero-order valence-electron chi connectivity index (χ0n) is 10.6. The summed E-state index contributed by atoms with van der Waals surface area (Å²) >= 11 is 0. The monoisotopic (exact) mass is 242 g/mol. The van der Waals surface area contributed by atoms with Crippen molar-refractivity contribution in [3.8, 4) is 0 Å². The quantitative estimate of drug-likeness (QED) is 0.868. The van der Waals surface area contributed by atoms with Crippen molar-refractivity contribution < 1.29 is 0 Å². The predicted molar refractivity (Wildman–Crippen MR) is 73.8 cm³/mol. The van der Waals surface area contributed by atoms with Crippen LogP contribution >= 0.6 is 0 Å². The first kappa shape index (κ1) is 11.1. The van der Waals surface area contributed by atoms with Crippen LogP contribution in [0.1, 0.15) is 17.5 Å². The highest BCUT2D eigenvalue weighted by molar-refractivity contribution is 5.54. The standard InChI is InChI=1S/C14H18N4/c1-18-8-6-14(17-18)16-10-11-4-5-13-12(9-11)3-2-7-15-13/h4-6,8-9,15H,2-3,7,10H2,1H3,(H,16,17). The number of hydrogen-bond acceptors (Lipinski definition) is 3. The Morgan fingerprint density at radius 3 is 3.17 bits per heavy atom. The van der Waals surface area contributed by atoms with Crippen LogP contribution in [0, 0.1) is 0 Å². The first-order valence-corrected chi connectivity index (χ1v) is 6.40. The molecule has 2 aromatic rings. The lowest BCUT2D eigenvalue weighted by Gasteiger charge is -2.18. The van der Waals surface area contributed by atoms with Gasteiger partial charge in [-0.15, -0.1) is 0 Å². The number of nitrogens with one attached hydrogen (secondary N) is 2. The molecule has 0 aliphatic carbocycles. The molecule has 2 N–H and O–H groups in total. The van der Waals surface area contributed by atoms with Gasteiger partial charge in [-0.05, 0) is 30.0 Å². The van der Waals surface area contributed by atoms with Gasteiger partial charge >= 0.3 is 0 Å². The van der Waals surface area contributed by atoms with E-state index in [1.165, 1.54) is 29.7 Å². The summed E-state index contributed by atoms with van der Waals surface area (Å²) in [6, 6.07) is 8.63. The summed E-state index contributed by atoms with van der Waals surface area (Å²) < 4.78 is 1.80. The summed E-state index contributed by atoms with van der Waals surface area (Å²) in [6.45, 7) is 1.92. The van der Waals surface area contributed by atoms with Gasteiger partial charge in [0.1, 0.15) is 5.82 Å². The lowest BCUT2D eigenvalue weighted by Crippen LogP contribution is -2.12. The van der Waals surface area contributed by atoms with Crippen LogP contribution in [0.5, 0.6) is 0 Å². The van der Waals surface area contributed by atoms with Gasteiger partial charge in [-0.25, -0.2) is 0 Å². The van der Waals surface area contributed by atoms with Crippen molar-refractivity contribution in [3.05, 3.63) is 41.6 Å². The zero-order valence-corrected chi connectivity index (χ0v) is 10.6. The zero-order chi connectivity index (χ0) is 12.4. The molecule has 94 valence electrons. The van der Waals surface area contributed by atoms with Gasteiger partial charge in [0, 0.05) is 38.1 Å². The second-order valence-corrected chi connectivity index (χ2v) is 4.75. The van der Waals surface area contributed by atoms with Gasteiger partial charge in [-0.3, -0.25) is 4.68 Å². The number of fused-ring (bicyclic) bond motifs is 1. The van der Waals surface area contributed by atoms with E-state index in [0.29, 0.717) is 0 Å². The molecule has 4 nitrogen and oxygen atoms in total. The molecule has 0 unspecified atom stereocenters. The summed E-state index contributed by atoms with van der Waals surface area (Å²) in [5.41, 5.74) is 4.03. The minimum atomic E-state index is 0.824. The highest BCUT2D eigenvalue weighted by atomic mass is 15.3. The summed E-state index contributed by atoms with van der Waals surface area (Å²) in [5.74, 6) is 0.924. The molecule has 1 aromatic carbocycles. The molecule has 2 heterocycles. The van der Waals surface area contributed by atoms with E-state index in [2.05, 4.69) is 33.9 Å². The third-order valence-electron chi connectivity index (χ3n) is 3.30. The van der Waals surface area contributed by atoms with Crippen molar-refractivity contribution in [3.63, 3.8) is 0 Å². The van der Waals surface area contributed by atoms with Gasteiger partial charge in [0.25, 0.3) is 0 Å². The summed E-state index contributed by atoms with van der Waals surface area (Å²) in [7, 11) is 1.93. The molecule has 0 saturated heterocycles. The molecule has 0 amide bonds. The maximum atomic E-state index is 4.31. The Bertz CT molecular complexity index is 544. The van der Waals surface area contributed by atoms with Crippen LogP contribution in [0.15, 0.2) is 30.5 Å².